The van der Waals surface area contributed by atoms with Gasteiger partial charge in [0.25, 0.3) is 0 Å². The third kappa shape index (κ3) is 4.19. The molecule has 2 aromatic carbocycles. The Bertz CT molecular complexity index is 1030. The molecule has 0 spiro atoms. The molecule has 0 fully saturated rings. The highest BCUT2D eigenvalue weighted by atomic mass is 35.5. The summed E-state index contributed by atoms with van der Waals surface area (Å²) in [5.41, 5.74) is -0.00444. The molecule has 0 aliphatic carbocycles. The molecule has 0 unspecified atom stereocenters. The van der Waals surface area contributed by atoms with E-state index >= 15 is 0 Å². The lowest BCUT2D eigenvalue weighted by Gasteiger charge is -2.12. The van der Waals surface area contributed by atoms with Gasteiger partial charge in [-0.15, -0.1) is 0 Å². The van der Waals surface area contributed by atoms with Crippen molar-refractivity contribution in [3.05, 3.63) is 58.6 Å². The van der Waals surface area contributed by atoms with E-state index in [1.165, 1.54) is 6.07 Å². The van der Waals surface area contributed by atoms with Gasteiger partial charge in [0.15, 0.2) is 0 Å². The first-order valence-corrected chi connectivity index (χ1v) is 8.52. The van der Waals surface area contributed by atoms with E-state index in [2.05, 4.69) is 15.0 Å². The molecule has 0 radical (unpaired) electrons. The highest BCUT2D eigenvalue weighted by Gasteiger charge is 2.38. The second-order valence-corrected chi connectivity index (χ2v) is 6.25. The zero-order valence-corrected chi connectivity index (χ0v) is 15.2. The van der Waals surface area contributed by atoms with Crippen LogP contribution < -0.4 is 5.32 Å². The molecule has 0 saturated carbocycles. The van der Waals surface area contributed by atoms with Gasteiger partial charge in [0.05, 0.1) is 23.3 Å². The van der Waals surface area contributed by atoms with E-state index < -0.39 is 23.9 Å². The van der Waals surface area contributed by atoms with Crippen LogP contribution in [0.1, 0.15) is 18.3 Å². The number of hydrogen-bond acceptors (Lipinski definition) is 3. The number of alkyl halides is 3. The van der Waals surface area contributed by atoms with Crippen molar-refractivity contribution in [3.8, 4) is 0 Å². The number of benzene rings is 2. The van der Waals surface area contributed by atoms with Crippen LogP contribution in [0.15, 0.2) is 36.4 Å². The van der Waals surface area contributed by atoms with Gasteiger partial charge in [0, 0.05) is 17.6 Å². The standard InChI is InChI=1S/C18H14ClF4N3O2/c1-2-28-17(27)25-13-8-15-14(7-12(13)20)24-16(18(21,22)23)26(15)9-10-4-3-5-11(19)6-10/h3-8H,2,9H2,1H3,(H,25,27). The predicted octanol–water partition coefficient (Wildman–Crippen LogP) is 5.46. The van der Waals surface area contributed by atoms with Gasteiger partial charge >= 0.3 is 12.3 Å². The zero-order valence-electron chi connectivity index (χ0n) is 14.5. The normalized spacial score (nSPS) is 11.6. The fraction of sp³-hybridized carbons (Fsp3) is 0.222. The Morgan fingerprint density at radius 1 is 1.29 bits per heavy atom. The molecule has 0 atom stereocenters. The highest BCUT2D eigenvalue weighted by Crippen LogP contribution is 2.34. The molecule has 1 aromatic heterocycles. The molecular formula is C18H14ClF4N3O2. The summed E-state index contributed by atoms with van der Waals surface area (Å²) in [6, 6.07) is 8.26. The molecule has 148 valence electrons. The summed E-state index contributed by atoms with van der Waals surface area (Å²) < 4.78 is 60.3. The molecule has 10 heteroatoms. The molecule has 0 aliphatic heterocycles. The van der Waals surface area contributed by atoms with E-state index in [1.807, 2.05) is 0 Å². The average molecular weight is 416 g/mol. The Labute approximate surface area is 161 Å². The summed E-state index contributed by atoms with van der Waals surface area (Å²) >= 11 is 5.91. The number of carbonyl (C=O) groups excluding carboxylic acids is 1. The molecule has 28 heavy (non-hydrogen) atoms. The Morgan fingerprint density at radius 3 is 2.68 bits per heavy atom. The largest absolute Gasteiger partial charge is 0.450 e. The number of anilines is 1. The molecule has 5 nitrogen and oxygen atoms in total. The number of aromatic nitrogens is 2. The van der Waals surface area contributed by atoms with Crippen molar-refractivity contribution >= 4 is 34.4 Å². The molecule has 3 aromatic rings. The third-order valence-electron chi connectivity index (χ3n) is 3.83. The zero-order chi connectivity index (χ0) is 20.5. The maximum absolute atomic E-state index is 14.2. The number of fused-ring (bicyclic) bond motifs is 1. The smallest absolute Gasteiger partial charge is 0.449 e. The Kier molecular flexibility index (Phi) is 5.46. The number of carbonyl (C=O) groups is 1. The van der Waals surface area contributed by atoms with Crippen LogP contribution in [0.3, 0.4) is 0 Å². The first kappa shape index (κ1) is 19.9. The summed E-state index contributed by atoms with van der Waals surface area (Å²) in [6.45, 7) is 1.42. The number of ether oxygens (including phenoxy) is 1. The van der Waals surface area contributed by atoms with Crippen molar-refractivity contribution in [3.63, 3.8) is 0 Å². The monoisotopic (exact) mass is 415 g/mol. The molecule has 3 rings (SSSR count). The first-order chi connectivity index (χ1) is 13.2. The minimum absolute atomic E-state index is 0.000462. The maximum Gasteiger partial charge on any atom is 0.449 e. The van der Waals surface area contributed by atoms with E-state index in [0.29, 0.717) is 10.6 Å². The number of rotatable bonds is 4. The topological polar surface area (TPSA) is 56.1 Å². The third-order valence-corrected chi connectivity index (χ3v) is 4.07. The van der Waals surface area contributed by atoms with Crippen LogP contribution in [-0.2, 0) is 17.5 Å². The van der Waals surface area contributed by atoms with E-state index in [0.717, 1.165) is 16.7 Å². The molecule has 1 heterocycles. The molecule has 0 saturated heterocycles. The number of nitrogens with one attached hydrogen (secondary N) is 1. The number of halogens is 5. The summed E-state index contributed by atoms with van der Waals surface area (Å²) in [5, 5.41) is 2.54. The van der Waals surface area contributed by atoms with E-state index in [9.17, 15) is 22.4 Å². The first-order valence-electron chi connectivity index (χ1n) is 8.14. The summed E-state index contributed by atoms with van der Waals surface area (Å²) in [6.07, 6.45) is -5.68. The SMILES string of the molecule is CCOC(=O)Nc1cc2c(cc1F)nc(C(F)(F)F)n2Cc1cccc(Cl)c1. The Hall–Kier alpha value is -2.81. The number of hydrogen-bond donors (Lipinski definition) is 1. The lowest BCUT2D eigenvalue weighted by Crippen LogP contribution is -2.16. The molecule has 0 aliphatic rings. The Balaban J connectivity index is 2.13. The van der Waals surface area contributed by atoms with Crippen LogP contribution in [0.4, 0.5) is 28.0 Å². The van der Waals surface area contributed by atoms with Gasteiger partial charge in [-0.2, -0.15) is 13.2 Å². The van der Waals surface area contributed by atoms with Gasteiger partial charge in [-0.05, 0) is 30.7 Å². The van der Waals surface area contributed by atoms with Crippen molar-refractivity contribution in [2.75, 3.05) is 11.9 Å². The van der Waals surface area contributed by atoms with Crippen molar-refractivity contribution < 1.29 is 27.1 Å². The second kappa shape index (κ2) is 7.67. The number of amides is 1. The average Bonchev–Trinajstić information content (AvgIpc) is 2.93. The highest BCUT2D eigenvalue weighted by molar-refractivity contribution is 6.30. The van der Waals surface area contributed by atoms with Crippen molar-refractivity contribution in [2.45, 2.75) is 19.6 Å². The van der Waals surface area contributed by atoms with Gasteiger partial charge in [-0.25, -0.2) is 14.2 Å². The fourth-order valence-electron chi connectivity index (χ4n) is 2.71. The van der Waals surface area contributed by atoms with Crippen molar-refractivity contribution in [1.29, 1.82) is 0 Å². The predicted molar refractivity (Wildman–Crippen MR) is 95.9 cm³/mol. The number of nitrogens with zero attached hydrogens (tertiary/aromatic N) is 2. The summed E-state index contributed by atoms with van der Waals surface area (Å²) in [5.74, 6) is -2.11. The molecule has 1 N–H and O–H groups in total. The summed E-state index contributed by atoms with van der Waals surface area (Å²) in [7, 11) is 0. The lowest BCUT2D eigenvalue weighted by molar-refractivity contribution is -0.146. The van der Waals surface area contributed by atoms with Gasteiger partial charge in [-0.3, -0.25) is 5.32 Å². The lowest BCUT2D eigenvalue weighted by atomic mass is 10.2. The summed E-state index contributed by atoms with van der Waals surface area (Å²) in [4.78, 5) is 15.1. The van der Waals surface area contributed by atoms with E-state index in [-0.39, 0.29) is 29.9 Å². The van der Waals surface area contributed by atoms with Gasteiger partial charge in [-0.1, -0.05) is 23.7 Å². The van der Waals surface area contributed by atoms with Crippen LogP contribution in [0.25, 0.3) is 11.0 Å². The van der Waals surface area contributed by atoms with Crippen LogP contribution in [0, 0.1) is 5.82 Å². The quantitative estimate of drug-likeness (QED) is 0.575. The van der Waals surface area contributed by atoms with Crippen molar-refractivity contribution in [2.24, 2.45) is 0 Å². The Morgan fingerprint density at radius 2 is 2.04 bits per heavy atom. The van der Waals surface area contributed by atoms with Crippen LogP contribution in [0.2, 0.25) is 5.02 Å². The molecule has 1 amide bonds. The van der Waals surface area contributed by atoms with Crippen LogP contribution in [0.5, 0.6) is 0 Å². The van der Waals surface area contributed by atoms with Gasteiger partial charge in [0.2, 0.25) is 5.82 Å². The maximum atomic E-state index is 14.2. The van der Waals surface area contributed by atoms with Crippen LogP contribution in [-0.4, -0.2) is 22.3 Å². The minimum atomic E-state index is -4.76. The van der Waals surface area contributed by atoms with E-state index in [4.69, 9.17) is 11.6 Å². The fourth-order valence-corrected chi connectivity index (χ4v) is 2.93. The van der Waals surface area contributed by atoms with E-state index in [1.54, 1.807) is 25.1 Å². The van der Waals surface area contributed by atoms with Crippen LogP contribution >= 0.6 is 11.6 Å². The molecule has 0 bridgehead atoms. The van der Waals surface area contributed by atoms with Crippen molar-refractivity contribution in [1.82, 2.24) is 9.55 Å². The van der Waals surface area contributed by atoms with Gasteiger partial charge in [0.1, 0.15) is 5.82 Å². The second-order valence-electron chi connectivity index (χ2n) is 5.82. The molecular weight excluding hydrogens is 402 g/mol. The number of imidazole rings is 1. The minimum Gasteiger partial charge on any atom is -0.450 e. The van der Waals surface area contributed by atoms with Gasteiger partial charge < -0.3 is 9.30 Å².